The highest BCUT2D eigenvalue weighted by molar-refractivity contribution is 5.35. The molecule has 2 bridgehead atoms. The molecule has 2 fully saturated rings. The maximum Gasteiger partial charge on any atom is 0.155 e. The highest BCUT2D eigenvalue weighted by atomic mass is 15.5. The van der Waals surface area contributed by atoms with Gasteiger partial charge in [0.2, 0.25) is 0 Å². The monoisotopic (exact) mass is 464 g/mol. The van der Waals surface area contributed by atoms with Crippen molar-refractivity contribution in [3.8, 4) is 0 Å². The summed E-state index contributed by atoms with van der Waals surface area (Å²) in [5.41, 5.74) is 3.90. The number of aryl methyl sites for hydroxylation is 1. The molecule has 0 aliphatic carbocycles. The molecule has 6 nitrogen and oxygen atoms in total. The van der Waals surface area contributed by atoms with Crippen molar-refractivity contribution in [2.24, 2.45) is 7.05 Å². The average Bonchev–Trinajstić information content (AvgIpc) is 3.42. The van der Waals surface area contributed by atoms with Gasteiger partial charge in [-0.3, -0.25) is 4.90 Å². The molecule has 0 radical (unpaired) electrons. The molecule has 6 heteroatoms. The maximum atomic E-state index is 4.50. The highest BCUT2D eigenvalue weighted by Gasteiger charge is 2.60. The lowest BCUT2D eigenvalue weighted by molar-refractivity contribution is 0.00968. The summed E-state index contributed by atoms with van der Waals surface area (Å²) in [5.74, 6) is 1.28. The smallest absolute Gasteiger partial charge is 0.155 e. The van der Waals surface area contributed by atoms with E-state index in [9.17, 15) is 0 Å². The summed E-state index contributed by atoms with van der Waals surface area (Å²) in [6, 6.07) is 33.4. The van der Waals surface area contributed by atoms with Gasteiger partial charge in [-0.1, -0.05) is 91.0 Å². The van der Waals surface area contributed by atoms with E-state index in [0.29, 0.717) is 12.1 Å². The summed E-state index contributed by atoms with van der Waals surface area (Å²) in [6.07, 6.45) is 3.24. The summed E-state index contributed by atoms with van der Waals surface area (Å²) < 4.78 is 1.87. The lowest BCUT2D eigenvalue weighted by Gasteiger charge is -2.51. The molecule has 0 spiro atoms. The van der Waals surface area contributed by atoms with Crippen molar-refractivity contribution < 1.29 is 0 Å². The fourth-order valence-electron chi connectivity index (χ4n) is 6.55. The van der Waals surface area contributed by atoms with E-state index >= 15 is 0 Å². The number of benzene rings is 3. The zero-order chi connectivity index (χ0) is 23.7. The SMILES string of the molecule is Cn1nnnc1C1CC2(c3ccccc3)C(NCc3ccccc3)CCC1N2Cc1ccccc1. The Labute approximate surface area is 207 Å². The summed E-state index contributed by atoms with van der Waals surface area (Å²) in [6.45, 7) is 1.77. The van der Waals surface area contributed by atoms with E-state index in [4.69, 9.17) is 0 Å². The van der Waals surface area contributed by atoms with Crippen molar-refractivity contribution in [2.45, 2.75) is 55.9 Å². The van der Waals surface area contributed by atoms with Crippen LogP contribution in [0.5, 0.6) is 0 Å². The second kappa shape index (κ2) is 9.36. The van der Waals surface area contributed by atoms with Crippen LogP contribution in [0.4, 0.5) is 0 Å². The van der Waals surface area contributed by atoms with Gasteiger partial charge in [0.25, 0.3) is 0 Å². The fraction of sp³-hybridized carbons (Fsp3) is 0.345. The van der Waals surface area contributed by atoms with Crippen LogP contribution in [0.3, 0.4) is 0 Å². The van der Waals surface area contributed by atoms with E-state index in [1.165, 1.54) is 16.7 Å². The molecule has 35 heavy (non-hydrogen) atoms. The first kappa shape index (κ1) is 22.1. The number of piperidine rings is 1. The molecule has 2 aliphatic heterocycles. The zero-order valence-corrected chi connectivity index (χ0v) is 20.2. The predicted molar refractivity (Wildman–Crippen MR) is 136 cm³/mol. The summed E-state index contributed by atoms with van der Waals surface area (Å²) >= 11 is 0. The van der Waals surface area contributed by atoms with E-state index in [1.807, 2.05) is 11.7 Å². The third-order valence-electron chi connectivity index (χ3n) is 8.09. The fourth-order valence-corrected chi connectivity index (χ4v) is 6.55. The van der Waals surface area contributed by atoms with Crippen LogP contribution >= 0.6 is 0 Å². The number of nitrogens with one attached hydrogen (secondary N) is 1. The molecule has 3 heterocycles. The van der Waals surface area contributed by atoms with Gasteiger partial charge < -0.3 is 5.32 Å². The van der Waals surface area contributed by atoms with E-state index in [1.54, 1.807) is 0 Å². The Morgan fingerprint density at radius 3 is 2.17 bits per heavy atom. The first-order chi connectivity index (χ1) is 17.3. The maximum absolute atomic E-state index is 4.50. The Hall–Kier alpha value is -3.35. The number of tetrazole rings is 1. The van der Waals surface area contributed by atoms with Crippen LogP contribution in [-0.2, 0) is 25.7 Å². The van der Waals surface area contributed by atoms with Gasteiger partial charge in [-0.05, 0) is 46.4 Å². The normalized spacial score (nSPS) is 26.1. The molecule has 1 N–H and O–H groups in total. The third-order valence-corrected chi connectivity index (χ3v) is 8.09. The number of nitrogens with zero attached hydrogens (tertiary/aromatic N) is 5. The quantitative estimate of drug-likeness (QED) is 0.439. The number of aromatic nitrogens is 4. The van der Waals surface area contributed by atoms with Crippen molar-refractivity contribution in [1.82, 2.24) is 30.4 Å². The van der Waals surface area contributed by atoms with Crippen LogP contribution in [-0.4, -0.2) is 37.2 Å². The Balaban J connectivity index is 1.44. The van der Waals surface area contributed by atoms with Crippen molar-refractivity contribution in [1.29, 1.82) is 0 Å². The number of rotatable bonds is 7. The molecule has 6 rings (SSSR count). The summed E-state index contributed by atoms with van der Waals surface area (Å²) in [4.78, 5) is 2.77. The number of fused-ring (bicyclic) bond motifs is 2. The molecule has 2 saturated heterocycles. The van der Waals surface area contributed by atoms with Gasteiger partial charge in [-0.25, -0.2) is 4.68 Å². The van der Waals surface area contributed by atoms with Crippen molar-refractivity contribution >= 4 is 0 Å². The van der Waals surface area contributed by atoms with Gasteiger partial charge in [-0.2, -0.15) is 0 Å². The van der Waals surface area contributed by atoms with Crippen LogP contribution in [0.1, 0.15) is 47.7 Å². The number of hydrogen-bond donors (Lipinski definition) is 1. The van der Waals surface area contributed by atoms with Crippen LogP contribution in [0, 0.1) is 0 Å². The van der Waals surface area contributed by atoms with Gasteiger partial charge in [0.15, 0.2) is 5.82 Å². The Morgan fingerprint density at radius 1 is 0.857 bits per heavy atom. The van der Waals surface area contributed by atoms with Crippen LogP contribution < -0.4 is 5.32 Å². The first-order valence-electron chi connectivity index (χ1n) is 12.6. The summed E-state index contributed by atoms with van der Waals surface area (Å²) in [5, 5.41) is 16.7. The molecule has 4 unspecified atom stereocenters. The Bertz CT molecular complexity index is 1240. The minimum absolute atomic E-state index is 0.147. The Kier molecular flexibility index (Phi) is 5.92. The topological polar surface area (TPSA) is 58.9 Å². The third kappa shape index (κ3) is 3.97. The standard InChI is InChI=1S/C29H32N6/c1-34-28(31-32-33-34)25-19-29(24-15-9-4-10-16-24)27(30-20-22-11-5-2-6-12-22)18-17-26(25)35(29)21-23-13-7-3-8-14-23/h2-16,25-27,30H,17-21H2,1H3. The largest absolute Gasteiger partial charge is 0.308 e. The van der Waals surface area contributed by atoms with E-state index in [-0.39, 0.29) is 11.5 Å². The van der Waals surface area contributed by atoms with Crippen LogP contribution in [0.2, 0.25) is 0 Å². The first-order valence-corrected chi connectivity index (χ1v) is 12.6. The lowest BCUT2D eigenvalue weighted by Crippen LogP contribution is -2.60. The zero-order valence-electron chi connectivity index (χ0n) is 20.2. The van der Waals surface area contributed by atoms with Gasteiger partial charge in [0.1, 0.15) is 0 Å². The summed E-state index contributed by atoms with van der Waals surface area (Å²) in [7, 11) is 1.97. The van der Waals surface area contributed by atoms with Gasteiger partial charge in [-0.15, -0.1) is 5.10 Å². The second-order valence-electron chi connectivity index (χ2n) is 9.94. The molecule has 2 aliphatic rings. The molecule has 178 valence electrons. The minimum atomic E-state index is -0.147. The van der Waals surface area contributed by atoms with E-state index in [2.05, 4.69) is 117 Å². The average molecular weight is 465 g/mol. The molecular formula is C29H32N6. The van der Waals surface area contributed by atoms with Crippen molar-refractivity contribution in [2.75, 3.05) is 0 Å². The Morgan fingerprint density at radius 2 is 1.51 bits per heavy atom. The molecular weight excluding hydrogens is 432 g/mol. The van der Waals surface area contributed by atoms with Crippen LogP contribution in [0.15, 0.2) is 91.0 Å². The van der Waals surface area contributed by atoms with Gasteiger partial charge in [0.05, 0.1) is 5.54 Å². The molecule has 4 atom stereocenters. The minimum Gasteiger partial charge on any atom is -0.308 e. The second-order valence-corrected chi connectivity index (χ2v) is 9.94. The predicted octanol–water partition coefficient (Wildman–Crippen LogP) is 4.42. The highest BCUT2D eigenvalue weighted by Crippen LogP contribution is 2.56. The molecule has 0 saturated carbocycles. The lowest BCUT2D eigenvalue weighted by atomic mass is 9.76. The molecule has 3 aromatic carbocycles. The number of hydrogen-bond acceptors (Lipinski definition) is 5. The van der Waals surface area contributed by atoms with Crippen molar-refractivity contribution in [3.05, 3.63) is 114 Å². The van der Waals surface area contributed by atoms with Crippen molar-refractivity contribution in [3.63, 3.8) is 0 Å². The van der Waals surface area contributed by atoms with Crippen LogP contribution in [0.25, 0.3) is 0 Å². The van der Waals surface area contributed by atoms with Gasteiger partial charge in [0, 0.05) is 38.1 Å². The van der Waals surface area contributed by atoms with E-state index in [0.717, 1.165) is 38.2 Å². The molecule has 4 aromatic rings. The van der Waals surface area contributed by atoms with E-state index < -0.39 is 0 Å². The van der Waals surface area contributed by atoms with Gasteiger partial charge >= 0.3 is 0 Å². The molecule has 0 amide bonds. The molecule has 1 aromatic heterocycles.